The maximum atomic E-state index is 10.8. The summed E-state index contributed by atoms with van der Waals surface area (Å²) in [5, 5.41) is 23.8. The lowest BCUT2D eigenvalue weighted by Crippen LogP contribution is -2.29. The molecule has 0 bridgehead atoms. The Balaban J connectivity index is 1.83. The largest absolute Gasteiger partial charge is 0.388 e. The second-order valence-corrected chi connectivity index (χ2v) is 7.47. The van der Waals surface area contributed by atoms with E-state index in [1.807, 2.05) is 12.2 Å². The first-order valence-electron chi connectivity index (χ1n) is 9.18. The molecule has 0 aliphatic heterocycles. The second kappa shape index (κ2) is 4.94. The first kappa shape index (κ1) is 14.5. The number of hydrogen-bond acceptors (Lipinski definition) is 2. The van der Waals surface area contributed by atoms with Crippen molar-refractivity contribution in [2.45, 2.75) is 25.0 Å². The number of fused-ring (bicyclic) bond motifs is 6. The Kier molecular flexibility index (Phi) is 2.75. The van der Waals surface area contributed by atoms with E-state index < -0.39 is 12.2 Å². The van der Waals surface area contributed by atoms with Crippen LogP contribution < -0.4 is 10.4 Å². The van der Waals surface area contributed by atoms with Crippen LogP contribution in [0.5, 0.6) is 0 Å². The van der Waals surface area contributed by atoms with Crippen LogP contribution in [0.15, 0.2) is 60.2 Å². The zero-order valence-electron chi connectivity index (χ0n) is 14.2. The molecule has 0 saturated carbocycles. The standard InChI is InChI=1S/C24H18O2/c25-19-9-3-6-14-12-17-15-7-2-1-5-13(15)11-18-16-8-4-10-20(26)23(16)24(21(14)19)22(17)18/h1-9,12,19-20,25-26H,10-11H2. The molecular weight excluding hydrogens is 320 g/mol. The molecule has 0 spiro atoms. The Morgan fingerprint density at radius 2 is 1.92 bits per heavy atom. The van der Waals surface area contributed by atoms with Gasteiger partial charge in [0.1, 0.15) is 0 Å². The van der Waals surface area contributed by atoms with Gasteiger partial charge in [0.05, 0.1) is 12.2 Å². The van der Waals surface area contributed by atoms with Crippen molar-refractivity contribution in [2.24, 2.45) is 0 Å². The van der Waals surface area contributed by atoms with Gasteiger partial charge in [-0.2, -0.15) is 0 Å². The van der Waals surface area contributed by atoms with Gasteiger partial charge in [-0.05, 0) is 73.9 Å². The lowest BCUT2D eigenvalue weighted by atomic mass is 9.82. The van der Waals surface area contributed by atoms with Crippen LogP contribution in [0.2, 0.25) is 0 Å². The predicted octanol–water partition coefficient (Wildman–Crippen LogP) is 2.53. The highest BCUT2D eigenvalue weighted by molar-refractivity contribution is 6.00. The van der Waals surface area contributed by atoms with Crippen molar-refractivity contribution in [3.8, 4) is 11.1 Å². The Labute approximate surface area is 151 Å². The van der Waals surface area contributed by atoms with Crippen LogP contribution in [0.1, 0.15) is 29.2 Å². The molecule has 0 saturated heterocycles. The molecule has 0 heterocycles. The lowest BCUT2D eigenvalue weighted by Gasteiger charge is -2.23. The molecule has 0 amide bonds. The summed E-state index contributed by atoms with van der Waals surface area (Å²) in [6.45, 7) is 0. The first-order valence-corrected chi connectivity index (χ1v) is 9.18. The summed E-state index contributed by atoms with van der Waals surface area (Å²) in [7, 11) is 0. The Morgan fingerprint density at radius 1 is 1.04 bits per heavy atom. The molecule has 126 valence electrons. The van der Waals surface area contributed by atoms with Crippen molar-refractivity contribution in [1.29, 1.82) is 0 Å². The molecule has 26 heavy (non-hydrogen) atoms. The van der Waals surface area contributed by atoms with Crippen LogP contribution in [-0.2, 0) is 6.42 Å². The molecule has 0 aromatic heterocycles. The molecular formula is C24H18O2. The van der Waals surface area contributed by atoms with E-state index in [9.17, 15) is 10.2 Å². The molecule has 6 rings (SSSR count). The van der Waals surface area contributed by atoms with Crippen molar-refractivity contribution in [3.63, 3.8) is 0 Å². The third kappa shape index (κ3) is 1.68. The van der Waals surface area contributed by atoms with E-state index in [1.54, 1.807) is 0 Å². The molecule has 0 fully saturated rings. The molecule has 4 aliphatic rings. The predicted molar refractivity (Wildman–Crippen MR) is 103 cm³/mol. The number of aliphatic hydroxyl groups excluding tert-OH is 2. The van der Waals surface area contributed by atoms with E-state index in [-0.39, 0.29) is 0 Å². The monoisotopic (exact) mass is 338 g/mol. The van der Waals surface area contributed by atoms with Gasteiger partial charge in [0.25, 0.3) is 0 Å². The fraction of sp³-hybridized carbons (Fsp3) is 0.167. The molecule has 2 atom stereocenters. The molecule has 2 heteroatoms. The summed E-state index contributed by atoms with van der Waals surface area (Å²) in [6, 6.07) is 10.8. The van der Waals surface area contributed by atoms with Gasteiger partial charge in [0.2, 0.25) is 0 Å². The summed E-state index contributed by atoms with van der Waals surface area (Å²) >= 11 is 0. The van der Waals surface area contributed by atoms with Crippen LogP contribution in [0, 0.1) is 0 Å². The van der Waals surface area contributed by atoms with Crippen molar-refractivity contribution < 1.29 is 10.2 Å². The minimum absolute atomic E-state index is 0.509. The average molecular weight is 338 g/mol. The molecule has 2 aromatic carbocycles. The van der Waals surface area contributed by atoms with Gasteiger partial charge < -0.3 is 10.2 Å². The van der Waals surface area contributed by atoms with Gasteiger partial charge in [0, 0.05) is 0 Å². The number of allylic oxidation sites excluding steroid dienone is 3. The van der Waals surface area contributed by atoms with Gasteiger partial charge in [-0.25, -0.2) is 0 Å². The van der Waals surface area contributed by atoms with Gasteiger partial charge >= 0.3 is 0 Å². The SMILES string of the molecule is OC1CC=CC2=C1c1c3c(cc4c1=C2Cc1ccccc1-4)=CC=CC3O. The first-order chi connectivity index (χ1) is 12.7. The number of aliphatic hydroxyl groups is 2. The summed E-state index contributed by atoms with van der Waals surface area (Å²) in [5.74, 6) is 0. The molecule has 2 N–H and O–H groups in total. The van der Waals surface area contributed by atoms with E-state index in [4.69, 9.17) is 0 Å². The zero-order chi connectivity index (χ0) is 17.4. The van der Waals surface area contributed by atoms with Crippen molar-refractivity contribution in [3.05, 3.63) is 87.3 Å². The smallest absolute Gasteiger partial charge is 0.0986 e. The topological polar surface area (TPSA) is 40.5 Å². The van der Waals surface area contributed by atoms with Crippen LogP contribution in [0.4, 0.5) is 0 Å². The maximum Gasteiger partial charge on any atom is 0.0986 e. The van der Waals surface area contributed by atoms with Crippen molar-refractivity contribution in [2.75, 3.05) is 0 Å². The fourth-order valence-corrected chi connectivity index (χ4v) is 5.05. The van der Waals surface area contributed by atoms with Crippen LogP contribution in [0.25, 0.3) is 28.3 Å². The van der Waals surface area contributed by atoms with E-state index in [1.165, 1.54) is 27.5 Å². The summed E-state index contributed by atoms with van der Waals surface area (Å²) in [5.41, 5.74) is 9.30. The number of benzene rings is 2. The van der Waals surface area contributed by atoms with Gasteiger partial charge in [0.15, 0.2) is 0 Å². The minimum atomic E-state index is -0.626. The quantitative estimate of drug-likeness (QED) is 0.775. The van der Waals surface area contributed by atoms with E-state index in [2.05, 4.69) is 48.6 Å². The van der Waals surface area contributed by atoms with Gasteiger partial charge in [-0.15, -0.1) is 0 Å². The number of rotatable bonds is 0. The third-order valence-corrected chi connectivity index (χ3v) is 6.10. The highest BCUT2D eigenvalue weighted by Gasteiger charge is 2.35. The third-order valence-electron chi connectivity index (χ3n) is 6.10. The van der Waals surface area contributed by atoms with Crippen LogP contribution in [-0.4, -0.2) is 16.3 Å². The maximum absolute atomic E-state index is 10.8. The molecule has 0 radical (unpaired) electrons. The van der Waals surface area contributed by atoms with Crippen LogP contribution in [0.3, 0.4) is 0 Å². The average Bonchev–Trinajstić information content (AvgIpc) is 2.98. The van der Waals surface area contributed by atoms with E-state index in [0.29, 0.717) is 6.42 Å². The summed E-state index contributed by atoms with van der Waals surface area (Å²) in [6.07, 6.45) is 10.4. The number of hydrogen-bond donors (Lipinski definition) is 2. The van der Waals surface area contributed by atoms with E-state index in [0.717, 1.165) is 33.9 Å². The lowest BCUT2D eigenvalue weighted by molar-refractivity contribution is 0.223. The van der Waals surface area contributed by atoms with Crippen molar-refractivity contribution in [1.82, 2.24) is 0 Å². The normalized spacial score (nSPS) is 24.0. The Bertz CT molecular complexity index is 1210. The molecule has 4 aliphatic carbocycles. The molecule has 2 aromatic rings. The van der Waals surface area contributed by atoms with Crippen LogP contribution >= 0.6 is 0 Å². The highest BCUT2D eigenvalue weighted by Crippen LogP contribution is 2.44. The fourth-order valence-electron chi connectivity index (χ4n) is 5.05. The summed E-state index contributed by atoms with van der Waals surface area (Å²) < 4.78 is 0. The van der Waals surface area contributed by atoms with Gasteiger partial charge in [-0.1, -0.05) is 54.6 Å². The zero-order valence-corrected chi connectivity index (χ0v) is 14.2. The van der Waals surface area contributed by atoms with Crippen molar-refractivity contribution >= 4 is 17.2 Å². The Hall–Kier alpha value is -2.68. The van der Waals surface area contributed by atoms with E-state index >= 15 is 0 Å². The molecule has 2 nitrogen and oxygen atoms in total. The summed E-state index contributed by atoms with van der Waals surface area (Å²) in [4.78, 5) is 0. The molecule has 2 unspecified atom stereocenters. The van der Waals surface area contributed by atoms with Gasteiger partial charge in [-0.3, -0.25) is 0 Å². The second-order valence-electron chi connectivity index (χ2n) is 7.47. The highest BCUT2D eigenvalue weighted by atomic mass is 16.3. The Morgan fingerprint density at radius 3 is 2.85 bits per heavy atom. The minimum Gasteiger partial charge on any atom is -0.388 e.